The summed E-state index contributed by atoms with van der Waals surface area (Å²) in [7, 11) is 4.04. The van der Waals surface area contributed by atoms with Gasteiger partial charge in [-0.3, -0.25) is 0 Å². The Bertz CT molecular complexity index is 1220. The maximum atomic E-state index is 6.02. The van der Waals surface area contributed by atoms with Crippen LogP contribution in [0.5, 0.6) is 0 Å². The van der Waals surface area contributed by atoms with Crippen molar-refractivity contribution in [1.82, 2.24) is 0 Å². The Morgan fingerprint density at radius 2 is 1.07 bits per heavy atom. The molecule has 0 aliphatic rings. The Kier molecular flexibility index (Phi) is 4.87. The highest BCUT2D eigenvalue weighted by Crippen LogP contribution is 2.25. The Labute approximate surface area is 165 Å². The van der Waals surface area contributed by atoms with Crippen molar-refractivity contribution in [3.63, 3.8) is 0 Å². The number of fused-ring (bicyclic) bond motifs is 1. The second kappa shape index (κ2) is 7.78. The molecule has 28 heavy (non-hydrogen) atoms. The topological polar surface area (TPSA) is 16.4 Å². The Morgan fingerprint density at radius 1 is 0.571 bits per heavy atom. The zero-order valence-corrected chi connectivity index (χ0v) is 15.9. The number of hydrogen-bond acceptors (Lipinski definition) is 2. The Balaban J connectivity index is 1.70. The van der Waals surface area contributed by atoms with Crippen molar-refractivity contribution in [3.05, 3.63) is 102 Å². The van der Waals surface area contributed by atoms with Gasteiger partial charge in [-0.2, -0.15) is 0 Å². The summed E-state index contributed by atoms with van der Waals surface area (Å²) in [6.07, 6.45) is 0. The fraction of sp³-hybridized carbons (Fsp3) is 0.0769. The normalized spacial score (nSPS) is 9.93. The molecule has 2 heteroatoms. The van der Waals surface area contributed by atoms with Gasteiger partial charge in [-0.05, 0) is 60.4 Å². The second-order valence-corrected chi connectivity index (χ2v) is 6.61. The van der Waals surface area contributed by atoms with Crippen molar-refractivity contribution in [2.24, 2.45) is 0 Å². The maximum absolute atomic E-state index is 6.02. The second-order valence-electron chi connectivity index (χ2n) is 6.61. The van der Waals surface area contributed by atoms with Gasteiger partial charge >= 0.3 is 0 Å². The molecule has 1 aromatic heterocycles. The minimum Gasteiger partial charge on any atom is -0.438 e. The van der Waals surface area contributed by atoms with Gasteiger partial charge in [-0.25, -0.2) is 0 Å². The monoisotopic (exact) mass is 361 g/mol. The molecule has 0 spiro atoms. The average molecular weight is 361 g/mol. The first-order valence-electron chi connectivity index (χ1n) is 9.09. The van der Waals surface area contributed by atoms with Gasteiger partial charge < -0.3 is 9.32 Å². The van der Waals surface area contributed by atoms with Gasteiger partial charge in [-0.15, -0.1) is 0 Å². The van der Waals surface area contributed by atoms with Crippen LogP contribution in [0.2, 0.25) is 0 Å². The van der Waals surface area contributed by atoms with Crippen molar-refractivity contribution in [2.75, 3.05) is 19.0 Å². The summed E-state index contributed by atoms with van der Waals surface area (Å²) >= 11 is 0. The minimum atomic E-state index is 0.643. The lowest BCUT2D eigenvalue weighted by molar-refractivity contribution is 0.547. The van der Waals surface area contributed by atoms with E-state index in [0.29, 0.717) is 11.5 Å². The summed E-state index contributed by atoms with van der Waals surface area (Å²) in [4.78, 5) is 2.06. The highest BCUT2D eigenvalue weighted by Gasteiger charge is 2.09. The number of furan rings is 1. The van der Waals surface area contributed by atoms with Crippen molar-refractivity contribution in [3.8, 4) is 23.7 Å². The molecular weight excluding hydrogens is 342 g/mol. The lowest BCUT2D eigenvalue weighted by atomic mass is 10.1. The lowest BCUT2D eigenvalue weighted by Gasteiger charge is -2.11. The highest BCUT2D eigenvalue weighted by atomic mass is 16.3. The van der Waals surface area contributed by atoms with E-state index in [0.717, 1.165) is 27.6 Å². The molecule has 4 rings (SSSR count). The van der Waals surface area contributed by atoms with Gasteiger partial charge in [-0.1, -0.05) is 42.2 Å². The van der Waals surface area contributed by atoms with Gasteiger partial charge in [0.15, 0.2) is 11.5 Å². The number of nitrogens with zero attached hydrogens (tertiary/aromatic N) is 1. The van der Waals surface area contributed by atoms with Crippen LogP contribution < -0.4 is 4.90 Å². The molecule has 2 nitrogen and oxygen atoms in total. The van der Waals surface area contributed by atoms with Crippen LogP contribution in [-0.2, 0) is 0 Å². The number of hydrogen-bond donors (Lipinski definition) is 0. The molecule has 0 N–H and O–H groups in total. The third-order valence-electron chi connectivity index (χ3n) is 4.42. The van der Waals surface area contributed by atoms with Gasteiger partial charge in [0, 0.05) is 41.7 Å². The van der Waals surface area contributed by atoms with E-state index in [1.165, 1.54) is 0 Å². The third-order valence-corrected chi connectivity index (χ3v) is 4.42. The molecular formula is C26H19NO. The fourth-order valence-electron chi connectivity index (χ4n) is 2.90. The predicted octanol–water partition coefficient (Wildman–Crippen LogP) is 5.30. The number of benzene rings is 3. The molecule has 0 saturated carbocycles. The van der Waals surface area contributed by atoms with E-state index >= 15 is 0 Å². The number of anilines is 1. The van der Waals surface area contributed by atoms with Crippen LogP contribution in [0.25, 0.3) is 10.8 Å². The molecule has 0 aliphatic carbocycles. The smallest absolute Gasteiger partial charge is 0.186 e. The van der Waals surface area contributed by atoms with Crippen molar-refractivity contribution >= 4 is 16.5 Å². The van der Waals surface area contributed by atoms with Crippen molar-refractivity contribution in [1.29, 1.82) is 0 Å². The molecule has 0 radical (unpaired) electrons. The van der Waals surface area contributed by atoms with Crippen molar-refractivity contribution < 1.29 is 4.42 Å². The molecule has 1 heterocycles. The molecule has 0 atom stereocenters. The standard InChI is InChI=1S/C26H19NO/c1-27(2)22-16-12-21(13-17-22)15-19-26-24-11-7-6-10-23(24)25(28-26)18-14-20-8-4-3-5-9-20/h3-13,16-17H,1-2H3. The van der Waals surface area contributed by atoms with Gasteiger partial charge in [0.1, 0.15) is 0 Å². The molecule has 4 aromatic rings. The Morgan fingerprint density at radius 3 is 1.61 bits per heavy atom. The molecule has 0 amide bonds. The van der Waals surface area contributed by atoms with Gasteiger partial charge in [0.25, 0.3) is 0 Å². The summed E-state index contributed by atoms with van der Waals surface area (Å²) in [5.41, 5.74) is 3.05. The van der Waals surface area contributed by atoms with E-state index in [4.69, 9.17) is 4.42 Å². The van der Waals surface area contributed by atoms with E-state index in [-0.39, 0.29) is 0 Å². The summed E-state index contributed by atoms with van der Waals surface area (Å²) in [5.74, 6) is 14.0. The van der Waals surface area contributed by atoms with Gasteiger partial charge in [0.05, 0.1) is 0 Å². The van der Waals surface area contributed by atoms with E-state index in [9.17, 15) is 0 Å². The predicted molar refractivity (Wildman–Crippen MR) is 115 cm³/mol. The van der Waals surface area contributed by atoms with Crippen LogP contribution >= 0.6 is 0 Å². The molecule has 0 aliphatic heterocycles. The zero-order chi connectivity index (χ0) is 19.3. The quantitative estimate of drug-likeness (QED) is 0.428. The molecule has 134 valence electrons. The molecule has 0 fully saturated rings. The third kappa shape index (κ3) is 3.78. The van der Waals surface area contributed by atoms with Crippen LogP contribution in [0.1, 0.15) is 22.6 Å². The highest BCUT2D eigenvalue weighted by molar-refractivity contribution is 5.91. The summed E-state index contributed by atoms with van der Waals surface area (Å²) in [6, 6.07) is 26.1. The van der Waals surface area contributed by atoms with Crippen LogP contribution in [-0.4, -0.2) is 14.1 Å². The Hall–Kier alpha value is -3.88. The van der Waals surface area contributed by atoms with Crippen LogP contribution in [0.4, 0.5) is 5.69 Å². The first kappa shape index (κ1) is 17.5. The maximum Gasteiger partial charge on any atom is 0.186 e. The van der Waals surface area contributed by atoms with Gasteiger partial charge in [0.2, 0.25) is 0 Å². The first-order valence-corrected chi connectivity index (χ1v) is 9.09. The first-order chi connectivity index (χ1) is 13.7. The SMILES string of the molecule is CN(C)c1ccc(C#Cc2oc(C#Cc3ccccc3)c3ccccc23)cc1. The molecule has 0 bridgehead atoms. The van der Waals surface area contributed by atoms with E-state index in [2.05, 4.69) is 40.7 Å². The molecule has 0 unspecified atom stereocenters. The van der Waals surface area contributed by atoms with Crippen LogP contribution in [0.3, 0.4) is 0 Å². The minimum absolute atomic E-state index is 0.643. The number of rotatable bonds is 1. The largest absolute Gasteiger partial charge is 0.438 e. The van der Waals surface area contributed by atoms with Crippen molar-refractivity contribution in [2.45, 2.75) is 0 Å². The van der Waals surface area contributed by atoms with E-state index in [1.54, 1.807) is 0 Å². The molecule has 3 aromatic carbocycles. The lowest BCUT2D eigenvalue weighted by Crippen LogP contribution is -2.07. The fourth-order valence-corrected chi connectivity index (χ4v) is 2.90. The average Bonchev–Trinajstić information content (AvgIpc) is 3.10. The van der Waals surface area contributed by atoms with Crippen LogP contribution in [0, 0.1) is 23.7 Å². The van der Waals surface area contributed by atoms with E-state index < -0.39 is 0 Å². The molecule has 0 saturated heterocycles. The van der Waals surface area contributed by atoms with E-state index in [1.807, 2.05) is 80.8 Å². The summed E-state index contributed by atoms with van der Waals surface area (Å²) in [5, 5.41) is 1.97. The summed E-state index contributed by atoms with van der Waals surface area (Å²) in [6.45, 7) is 0. The summed E-state index contributed by atoms with van der Waals surface area (Å²) < 4.78 is 6.02. The van der Waals surface area contributed by atoms with Crippen LogP contribution in [0.15, 0.2) is 83.3 Å². The zero-order valence-electron chi connectivity index (χ0n) is 15.9.